The number of halogens is 2. The molecule has 0 amide bonds. The van der Waals surface area contributed by atoms with E-state index in [0.717, 1.165) is 12.1 Å². The highest BCUT2D eigenvalue weighted by Gasteiger charge is 2.33. The van der Waals surface area contributed by atoms with E-state index in [0.29, 0.717) is 0 Å². The summed E-state index contributed by atoms with van der Waals surface area (Å²) in [4.78, 5) is 10.9. The van der Waals surface area contributed by atoms with E-state index in [1.54, 1.807) is 0 Å². The van der Waals surface area contributed by atoms with Crippen LogP contribution >= 0.6 is 0 Å². The molecule has 68 valence electrons. The van der Waals surface area contributed by atoms with Gasteiger partial charge in [0.15, 0.2) is 11.6 Å². The van der Waals surface area contributed by atoms with Crippen LogP contribution < -0.4 is 0 Å². The normalized spacial score (nSPS) is 19.9. The molecular formula is C8H4F2O3. The first-order chi connectivity index (χ1) is 6.11. The van der Waals surface area contributed by atoms with Crippen LogP contribution in [0.3, 0.4) is 0 Å². The van der Waals surface area contributed by atoms with Crippen molar-refractivity contribution >= 4 is 5.97 Å². The predicted octanol–water partition coefficient (Wildman–Crippen LogP) is 1.13. The SMILES string of the molecule is O=C1OC(O)c2c1ccc(F)c2F. The first-order valence-corrected chi connectivity index (χ1v) is 3.48. The number of fused-ring (bicyclic) bond motifs is 1. The molecule has 0 bridgehead atoms. The predicted molar refractivity (Wildman–Crippen MR) is 36.7 cm³/mol. The van der Waals surface area contributed by atoms with E-state index in [4.69, 9.17) is 5.11 Å². The molecule has 1 aliphatic heterocycles. The van der Waals surface area contributed by atoms with Gasteiger partial charge in [0.05, 0.1) is 11.1 Å². The van der Waals surface area contributed by atoms with Crippen molar-refractivity contribution in [2.24, 2.45) is 0 Å². The van der Waals surface area contributed by atoms with Gasteiger partial charge >= 0.3 is 5.97 Å². The molecule has 0 aromatic heterocycles. The van der Waals surface area contributed by atoms with Crippen molar-refractivity contribution in [2.45, 2.75) is 6.29 Å². The van der Waals surface area contributed by atoms with E-state index in [-0.39, 0.29) is 5.56 Å². The summed E-state index contributed by atoms with van der Waals surface area (Å²) in [7, 11) is 0. The van der Waals surface area contributed by atoms with Gasteiger partial charge in [0.2, 0.25) is 6.29 Å². The van der Waals surface area contributed by atoms with Crippen LogP contribution in [0, 0.1) is 11.6 Å². The highest BCUT2D eigenvalue weighted by atomic mass is 19.2. The summed E-state index contributed by atoms with van der Waals surface area (Å²) in [6.45, 7) is 0. The van der Waals surface area contributed by atoms with Crippen LogP contribution in [0.1, 0.15) is 22.2 Å². The van der Waals surface area contributed by atoms with Crippen LogP contribution in [-0.4, -0.2) is 11.1 Å². The van der Waals surface area contributed by atoms with E-state index < -0.39 is 29.5 Å². The largest absolute Gasteiger partial charge is 0.428 e. The molecule has 1 heterocycles. The zero-order valence-electron chi connectivity index (χ0n) is 6.25. The quantitative estimate of drug-likeness (QED) is 0.617. The van der Waals surface area contributed by atoms with Crippen molar-refractivity contribution in [3.05, 3.63) is 34.9 Å². The number of esters is 1. The van der Waals surface area contributed by atoms with Crippen LogP contribution in [0.15, 0.2) is 12.1 Å². The minimum Gasteiger partial charge on any atom is -0.428 e. The number of carbonyl (C=O) groups is 1. The monoisotopic (exact) mass is 186 g/mol. The summed E-state index contributed by atoms with van der Waals surface area (Å²) < 4.78 is 29.9. The Morgan fingerprint density at radius 3 is 2.77 bits per heavy atom. The van der Waals surface area contributed by atoms with Crippen molar-refractivity contribution in [3.8, 4) is 0 Å². The number of rotatable bonds is 0. The molecule has 1 aromatic carbocycles. The van der Waals surface area contributed by atoms with Gasteiger partial charge in [-0.15, -0.1) is 0 Å². The van der Waals surface area contributed by atoms with E-state index in [9.17, 15) is 13.6 Å². The summed E-state index contributed by atoms with van der Waals surface area (Å²) >= 11 is 0. The molecule has 5 heteroatoms. The number of benzene rings is 1. The van der Waals surface area contributed by atoms with Gasteiger partial charge in [-0.1, -0.05) is 0 Å². The second-order valence-corrected chi connectivity index (χ2v) is 2.58. The Hall–Kier alpha value is -1.49. The summed E-state index contributed by atoms with van der Waals surface area (Å²) in [5.74, 6) is -3.20. The number of cyclic esters (lactones) is 1. The maximum absolute atomic E-state index is 13.0. The fourth-order valence-electron chi connectivity index (χ4n) is 1.21. The molecular weight excluding hydrogens is 182 g/mol. The molecule has 13 heavy (non-hydrogen) atoms. The van der Waals surface area contributed by atoms with Crippen LogP contribution in [0.25, 0.3) is 0 Å². The number of carbonyl (C=O) groups excluding carboxylic acids is 1. The van der Waals surface area contributed by atoms with Gasteiger partial charge in [0.1, 0.15) is 0 Å². The number of aliphatic hydroxyl groups is 1. The van der Waals surface area contributed by atoms with E-state index in [1.165, 1.54) is 0 Å². The third-order valence-electron chi connectivity index (χ3n) is 1.82. The third-order valence-corrected chi connectivity index (χ3v) is 1.82. The van der Waals surface area contributed by atoms with Gasteiger partial charge in [-0.05, 0) is 12.1 Å². The Balaban J connectivity index is 2.70. The number of aliphatic hydroxyl groups excluding tert-OH is 1. The molecule has 1 aromatic rings. The molecule has 0 aliphatic carbocycles. The Morgan fingerprint density at radius 1 is 1.38 bits per heavy atom. The standard InChI is InChI=1S/C8H4F2O3/c9-4-2-1-3-5(6(4)10)8(12)13-7(3)11/h1-2,8,12H. The second-order valence-electron chi connectivity index (χ2n) is 2.58. The Kier molecular flexibility index (Phi) is 1.56. The third kappa shape index (κ3) is 1.01. The van der Waals surface area contributed by atoms with E-state index >= 15 is 0 Å². The number of hydrogen-bond donors (Lipinski definition) is 1. The molecule has 2 rings (SSSR count). The fraction of sp³-hybridized carbons (Fsp3) is 0.125. The van der Waals surface area contributed by atoms with Gasteiger partial charge in [-0.2, -0.15) is 0 Å². The summed E-state index contributed by atoms with van der Waals surface area (Å²) in [5, 5.41) is 9.01. The molecule has 0 radical (unpaired) electrons. The maximum Gasteiger partial charge on any atom is 0.341 e. The minimum absolute atomic E-state index is 0.133. The zero-order valence-corrected chi connectivity index (χ0v) is 6.25. The van der Waals surface area contributed by atoms with E-state index in [2.05, 4.69) is 4.74 Å². The van der Waals surface area contributed by atoms with Crippen molar-refractivity contribution in [3.63, 3.8) is 0 Å². The van der Waals surface area contributed by atoms with Crippen molar-refractivity contribution in [1.82, 2.24) is 0 Å². The average molecular weight is 186 g/mol. The van der Waals surface area contributed by atoms with Crippen LogP contribution in [0.4, 0.5) is 8.78 Å². The molecule has 0 saturated carbocycles. The lowest BCUT2D eigenvalue weighted by Crippen LogP contribution is -1.98. The number of ether oxygens (including phenoxy) is 1. The van der Waals surface area contributed by atoms with Crippen LogP contribution in [-0.2, 0) is 4.74 Å². The first kappa shape index (κ1) is 8.12. The van der Waals surface area contributed by atoms with Gasteiger partial charge in [0, 0.05) is 0 Å². The second kappa shape index (κ2) is 2.50. The molecule has 1 atom stereocenters. The zero-order chi connectivity index (χ0) is 9.59. The Bertz CT molecular complexity index is 389. The lowest BCUT2D eigenvalue weighted by molar-refractivity contribution is -0.0564. The summed E-state index contributed by atoms with van der Waals surface area (Å²) in [6, 6.07) is 1.89. The van der Waals surface area contributed by atoms with E-state index in [1.807, 2.05) is 0 Å². The lowest BCUT2D eigenvalue weighted by Gasteiger charge is -2.02. The molecule has 1 aliphatic rings. The summed E-state index contributed by atoms with van der Waals surface area (Å²) in [5.41, 5.74) is -0.559. The molecule has 0 saturated heterocycles. The molecule has 1 unspecified atom stereocenters. The fourth-order valence-corrected chi connectivity index (χ4v) is 1.21. The first-order valence-electron chi connectivity index (χ1n) is 3.48. The van der Waals surface area contributed by atoms with Gasteiger partial charge in [-0.25, -0.2) is 13.6 Å². The van der Waals surface area contributed by atoms with Gasteiger partial charge in [0.25, 0.3) is 0 Å². The van der Waals surface area contributed by atoms with Crippen molar-refractivity contribution in [1.29, 1.82) is 0 Å². The van der Waals surface area contributed by atoms with Gasteiger partial charge in [-0.3, -0.25) is 0 Å². The molecule has 3 nitrogen and oxygen atoms in total. The van der Waals surface area contributed by atoms with Crippen LogP contribution in [0.2, 0.25) is 0 Å². The van der Waals surface area contributed by atoms with Crippen molar-refractivity contribution < 1.29 is 23.4 Å². The average Bonchev–Trinajstić information content (AvgIpc) is 2.35. The van der Waals surface area contributed by atoms with Gasteiger partial charge < -0.3 is 9.84 Å². The number of hydrogen-bond acceptors (Lipinski definition) is 3. The lowest BCUT2D eigenvalue weighted by atomic mass is 10.1. The Labute approximate surface area is 71.6 Å². The van der Waals surface area contributed by atoms with Crippen molar-refractivity contribution in [2.75, 3.05) is 0 Å². The minimum atomic E-state index is -1.70. The van der Waals surface area contributed by atoms with Crippen LogP contribution in [0.5, 0.6) is 0 Å². The molecule has 0 spiro atoms. The molecule has 1 N–H and O–H groups in total. The summed E-state index contributed by atoms with van der Waals surface area (Å²) in [6.07, 6.45) is -1.70. The highest BCUT2D eigenvalue weighted by molar-refractivity contribution is 5.93. The smallest absolute Gasteiger partial charge is 0.341 e. The Morgan fingerprint density at radius 2 is 2.08 bits per heavy atom. The maximum atomic E-state index is 13.0. The molecule has 0 fully saturated rings. The highest BCUT2D eigenvalue weighted by Crippen LogP contribution is 2.31. The topological polar surface area (TPSA) is 46.5 Å².